The van der Waals surface area contributed by atoms with Crippen LogP contribution in [0.4, 0.5) is 0 Å². The van der Waals surface area contributed by atoms with E-state index in [2.05, 4.69) is 43.0 Å². The Bertz CT molecular complexity index is 423. The van der Waals surface area contributed by atoms with Crippen LogP contribution in [-0.2, 0) is 6.54 Å². The van der Waals surface area contributed by atoms with E-state index in [4.69, 9.17) is 5.73 Å². The zero-order valence-corrected chi connectivity index (χ0v) is 12.2. The smallest absolute Gasteiger partial charge is 0.0233 e. The van der Waals surface area contributed by atoms with Crippen LogP contribution in [0.25, 0.3) is 0 Å². The molecule has 1 aromatic carbocycles. The highest BCUT2D eigenvalue weighted by atomic mass is 15.2. The molecule has 104 valence electrons. The van der Waals surface area contributed by atoms with Gasteiger partial charge in [0.1, 0.15) is 0 Å². The number of benzene rings is 1. The Kier molecular flexibility index (Phi) is 3.64. The third kappa shape index (κ3) is 2.70. The molecule has 1 heterocycles. The van der Waals surface area contributed by atoms with Crippen LogP contribution in [0.15, 0.2) is 24.3 Å². The molecule has 3 atom stereocenters. The molecule has 2 N–H and O–H groups in total. The Morgan fingerprint density at radius 3 is 2.53 bits per heavy atom. The molecule has 0 amide bonds. The number of hydrogen-bond donors (Lipinski definition) is 1. The fraction of sp³-hybridized carbons (Fsp3) is 0.647. The summed E-state index contributed by atoms with van der Waals surface area (Å²) in [6.45, 7) is 8.05. The average molecular weight is 258 g/mol. The van der Waals surface area contributed by atoms with Gasteiger partial charge in [-0.15, -0.1) is 0 Å². The molecule has 2 aliphatic rings. The summed E-state index contributed by atoms with van der Waals surface area (Å²) in [6, 6.07) is 9.61. The summed E-state index contributed by atoms with van der Waals surface area (Å²) in [5.74, 6) is 2.25. The predicted molar refractivity (Wildman–Crippen MR) is 80.0 cm³/mol. The first kappa shape index (κ1) is 13.1. The molecule has 0 bridgehead atoms. The highest BCUT2D eigenvalue weighted by Gasteiger charge is 2.40. The molecule has 19 heavy (non-hydrogen) atoms. The molecule has 1 aliphatic carbocycles. The number of likely N-dealkylation sites (tertiary alicyclic amines) is 1. The van der Waals surface area contributed by atoms with E-state index in [1.807, 2.05) is 0 Å². The molecule has 0 aromatic heterocycles. The second-order valence-electron chi connectivity index (χ2n) is 6.76. The Labute approximate surface area is 117 Å². The zero-order valence-electron chi connectivity index (χ0n) is 12.2. The van der Waals surface area contributed by atoms with Crippen LogP contribution in [0.5, 0.6) is 0 Å². The lowest BCUT2D eigenvalue weighted by Gasteiger charge is -2.18. The maximum absolute atomic E-state index is 6.20. The number of rotatable bonds is 3. The van der Waals surface area contributed by atoms with Gasteiger partial charge in [-0.3, -0.25) is 4.90 Å². The Balaban J connectivity index is 1.60. The van der Waals surface area contributed by atoms with E-state index in [9.17, 15) is 0 Å². The van der Waals surface area contributed by atoms with Crippen molar-refractivity contribution in [2.75, 3.05) is 13.1 Å². The van der Waals surface area contributed by atoms with Gasteiger partial charge in [0.2, 0.25) is 0 Å². The molecule has 0 radical (unpaired) electrons. The van der Waals surface area contributed by atoms with E-state index in [1.54, 1.807) is 0 Å². The van der Waals surface area contributed by atoms with E-state index in [1.165, 1.54) is 37.1 Å². The molecule has 1 saturated heterocycles. The van der Waals surface area contributed by atoms with Gasteiger partial charge in [-0.05, 0) is 41.7 Å². The van der Waals surface area contributed by atoms with E-state index in [-0.39, 0.29) is 0 Å². The third-order valence-electron chi connectivity index (χ3n) is 5.04. The lowest BCUT2D eigenvalue weighted by atomic mass is 9.98. The third-order valence-corrected chi connectivity index (χ3v) is 5.04. The summed E-state index contributed by atoms with van der Waals surface area (Å²) >= 11 is 0. The van der Waals surface area contributed by atoms with Crippen molar-refractivity contribution in [3.8, 4) is 0 Å². The monoisotopic (exact) mass is 258 g/mol. The van der Waals surface area contributed by atoms with E-state index in [0.29, 0.717) is 12.0 Å². The van der Waals surface area contributed by atoms with Gasteiger partial charge in [0.15, 0.2) is 0 Å². The topological polar surface area (TPSA) is 29.3 Å². The predicted octanol–water partition coefficient (Wildman–Crippen LogP) is 2.98. The van der Waals surface area contributed by atoms with Gasteiger partial charge in [0.05, 0.1) is 0 Å². The Hall–Kier alpha value is -0.860. The van der Waals surface area contributed by atoms with Crippen LogP contribution in [0.1, 0.15) is 43.7 Å². The molecule has 2 heteroatoms. The van der Waals surface area contributed by atoms with Crippen LogP contribution in [0.3, 0.4) is 0 Å². The van der Waals surface area contributed by atoms with Crippen LogP contribution in [0.2, 0.25) is 0 Å². The van der Waals surface area contributed by atoms with Crippen LogP contribution < -0.4 is 5.73 Å². The molecule has 3 rings (SSSR count). The SMILES string of the molecule is CC(C)c1ccc(CN2CC3CCC(N)C3C2)cc1. The molecular formula is C17H26N2. The molecule has 3 unspecified atom stereocenters. The van der Waals surface area contributed by atoms with Crippen molar-refractivity contribution in [1.82, 2.24) is 4.90 Å². The van der Waals surface area contributed by atoms with Crippen LogP contribution in [-0.4, -0.2) is 24.0 Å². The van der Waals surface area contributed by atoms with Crippen molar-refractivity contribution in [1.29, 1.82) is 0 Å². The van der Waals surface area contributed by atoms with Crippen molar-refractivity contribution >= 4 is 0 Å². The normalized spacial score (nSPS) is 31.1. The van der Waals surface area contributed by atoms with Gasteiger partial charge in [-0.1, -0.05) is 38.1 Å². The van der Waals surface area contributed by atoms with Gasteiger partial charge in [0, 0.05) is 25.7 Å². The minimum Gasteiger partial charge on any atom is -0.327 e. The fourth-order valence-electron chi connectivity index (χ4n) is 3.79. The van der Waals surface area contributed by atoms with Crippen LogP contribution >= 0.6 is 0 Å². The van der Waals surface area contributed by atoms with Gasteiger partial charge in [0.25, 0.3) is 0 Å². The highest BCUT2D eigenvalue weighted by Crippen LogP contribution is 2.37. The van der Waals surface area contributed by atoms with Gasteiger partial charge in [-0.2, -0.15) is 0 Å². The molecule has 1 aliphatic heterocycles. The lowest BCUT2D eigenvalue weighted by Crippen LogP contribution is -2.30. The molecule has 2 nitrogen and oxygen atoms in total. The van der Waals surface area contributed by atoms with Gasteiger partial charge < -0.3 is 5.73 Å². The quantitative estimate of drug-likeness (QED) is 0.903. The first-order valence-corrected chi connectivity index (χ1v) is 7.70. The van der Waals surface area contributed by atoms with E-state index >= 15 is 0 Å². The first-order chi connectivity index (χ1) is 9.13. The number of nitrogens with zero attached hydrogens (tertiary/aromatic N) is 1. The maximum Gasteiger partial charge on any atom is 0.0233 e. The number of nitrogens with two attached hydrogens (primary N) is 1. The lowest BCUT2D eigenvalue weighted by molar-refractivity contribution is 0.298. The van der Waals surface area contributed by atoms with Gasteiger partial charge in [-0.25, -0.2) is 0 Å². The summed E-state index contributed by atoms with van der Waals surface area (Å²) in [4.78, 5) is 2.60. The minimum atomic E-state index is 0.457. The molecule has 1 saturated carbocycles. The fourth-order valence-corrected chi connectivity index (χ4v) is 3.79. The Morgan fingerprint density at radius 1 is 1.16 bits per heavy atom. The summed E-state index contributed by atoms with van der Waals surface area (Å²) in [5, 5.41) is 0. The first-order valence-electron chi connectivity index (χ1n) is 7.70. The molecular weight excluding hydrogens is 232 g/mol. The highest BCUT2D eigenvalue weighted by molar-refractivity contribution is 5.24. The van der Waals surface area contributed by atoms with Crippen molar-refractivity contribution in [2.24, 2.45) is 17.6 Å². The van der Waals surface area contributed by atoms with Crippen molar-refractivity contribution in [3.05, 3.63) is 35.4 Å². The van der Waals surface area contributed by atoms with Crippen molar-refractivity contribution in [3.63, 3.8) is 0 Å². The molecule has 2 fully saturated rings. The second kappa shape index (κ2) is 5.26. The van der Waals surface area contributed by atoms with Crippen molar-refractivity contribution in [2.45, 2.75) is 45.2 Å². The summed E-state index contributed by atoms with van der Waals surface area (Å²) in [6.07, 6.45) is 2.58. The summed E-state index contributed by atoms with van der Waals surface area (Å²) < 4.78 is 0. The van der Waals surface area contributed by atoms with E-state index < -0.39 is 0 Å². The largest absolute Gasteiger partial charge is 0.327 e. The minimum absolute atomic E-state index is 0.457. The molecule has 0 spiro atoms. The average Bonchev–Trinajstić information content (AvgIpc) is 2.93. The second-order valence-corrected chi connectivity index (χ2v) is 6.76. The van der Waals surface area contributed by atoms with Crippen LogP contribution in [0, 0.1) is 11.8 Å². The number of fused-ring (bicyclic) bond motifs is 1. The number of hydrogen-bond acceptors (Lipinski definition) is 2. The van der Waals surface area contributed by atoms with E-state index in [0.717, 1.165) is 18.4 Å². The van der Waals surface area contributed by atoms with Crippen molar-refractivity contribution < 1.29 is 0 Å². The summed E-state index contributed by atoms with van der Waals surface area (Å²) in [5.41, 5.74) is 9.08. The molecule has 1 aromatic rings. The maximum atomic E-state index is 6.20. The van der Waals surface area contributed by atoms with Gasteiger partial charge >= 0.3 is 0 Å². The summed E-state index contributed by atoms with van der Waals surface area (Å²) in [7, 11) is 0. The zero-order chi connectivity index (χ0) is 13.4. The standard InChI is InChI=1S/C17H26N2/c1-12(2)14-5-3-13(4-6-14)9-19-10-15-7-8-17(18)16(15)11-19/h3-6,12,15-17H,7-11,18H2,1-2H3. The Morgan fingerprint density at radius 2 is 1.89 bits per heavy atom.